The van der Waals surface area contributed by atoms with Crippen LogP contribution in [0.5, 0.6) is 0 Å². The van der Waals surface area contributed by atoms with Gasteiger partial charge in [-0.1, -0.05) is 31.1 Å². The van der Waals surface area contributed by atoms with E-state index in [1.54, 1.807) is 6.20 Å². The zero-order valence-electron chi connectivity index (χ0n) is 11.4. The van der Waals surface area contributed by atoms with Crippen molar-refractivity contribution < 1.29 is 4.52 Å². The van der Waals surface area contributed by atoms with Gasteiger partial charge in [0.05, 0.1) is 11.6 Å². The number of nitrogens with two attached hydrogens (primary N) is 1. The van der Waals surface area contributed by atoms with Crippen LogP contribution in [0.1, 0.15) is 43.1 Å². The van der Waals surface area contributed by atoms with Crippen LogP contribution in [0, 0.1) is 0 Å². The summed E-state index contributed by atoms with van der Waals surface area (Å²) in [5.74, 6) is 1.32. The van der Waals surface area contributed by atoms with E-state index in [1.807, 2.05) is 44.2 Å². The molecular weight excluding hydrogens is 252 g/mol. The Balaban J connectivity index is 1.96. The van der Waals surface area contributed by atoms with Crippen LogP contribution in [0.3, 0.4) is 0 Å². The summed E-state index contributed by atoms with van der Waals surface area (Å²) < 4.78 is 5.20. The van der Waals surface area contributed by atoms with E-state index in [9.17, 15) is 0 Å². The third kappa shape index (κ3) is 2.28. The van der Waals surface area contributed by atoms with Gasteiger partial charge >= 0.3 is 0 Å². The minimum Gasteiger partial charge on any atom is -0.339 e. The summed E-state index contributed by atoms with van der Waals surface area (Å²) in [6.07, 6.45) is 1.77. The van der Waals surface area contributed by atoms with E-state index in [4.69, 9.17) is 10.3 Å². The molecule has 3 rings (SSSR count). The molecule has 0 spiro atoms. The van der Waals surface area contributed by atoms with Gasteiger partial charge in [0.15, 0.2) is 5.82 Å². The van der Waals surface area contributed by atoms with Crippen molar-refractivity contribution in [3.8, 4) is 0 Å². The van der Waals surface area contributed by atoms with Crippen LogP contribution in [0.2, 0.25) is 0 Å². The third-order valence-corrected chi connectivity index (χ3v) is 3.22. The summed E-state index contributed by atoms with van der Waals surface area (Å²) in [6.45, 7) is 4.01. The molecule has 2 N–H and O–H groups in total. The van der Waals surface area contributed by atoms with Crippen molar-refractivity contribution in [3.63, 3.8) is 0 Å². The van der Waals surface area contributed by atoms with Crippen molar-refractivity contribution >= 4 is 10.9 Å². The van der Waals surface area contributed by atoms with Gasteiger partial charge in [-0.25, -0.2) is 0 Å². The zero-order chi connectivity index (χ0) is 14.1. The first kappa shape index (κ1) is 12.7. The molecule has 0 saturated carbocycles. The number of aromatic nitrogens is 3. The fourth-order valence-corrected chi connectivity index (χ4v) is 2.04. The largest absolute Gasteiger partial charge is 0.339 e. The Morgan fingerprint density at radius 3 is 2.80 bits per heavy atom. The summed E-state index contributed by atoms with van der Waals surface area (Å²) >= 11 is 0. The molecule has 102 valence electrons. The highest BCUT2D eigenvalue weighted by molar-refractivity contribution is 5.79. The molecule has 2 heterocycles. The van der Waals surface area contributed by atoms with Gasteiger partial charge in [-0.2, -0.15) is 4.98 Å². The first-order valence-electron chi connectivity index (χ1n) is 6.59. The lowest BCUT2D eigenvalue weighted by atomic mass is 10.0. The SMILES string of the molecule is CC(C)c1nc(C(N)c2ccc3ncccc3c2)no1. The van der Waals surface area contributed by atoms with E-state index < -0.39 is 6.04 Å². The highest BCUT2D eigenvalue weighted by Gasteiger charge is 2.17. The molecule has 1 atom stereocenters. The molecule has 0 amide bonds. The number of rotatable bonds is 3. The first-order valence-corrected chi connectivity index (χ1v) is 6.59. The van der Waals surface area contributed by atoms with Crippen molar-refractivity contribution in [2.24, 2.45) is 5.73 Å². The molecule has 1 aromatic carbocycles. The molecular formula is C15H16N4O. The van der Waals surface area contributed by atoms with Gasteiger partial charge in [0.2, 0.25) is 5.89 Å². The molecule has 0 radical (unpaired) electrons. The molecule has 0 fully saturated rings. The van der Waals surface area contributed by atoms with Crippen LogP contribution >= 0.6 is 0 Å². The summed E-state index contributed by atoms with van der Waals surface area (Å²) in [7, 11) is 0. The Hall–Kier alpha value is -2.27. The van der Waals surface area contributed by atoms with E-state index >= 15 is 0 Å². The summed E-state index contributed by atoms with van der Waals surface area (Å²) in [5.41, 5.74) is 8.11. The molecule has 0 saturated heterocycles. The predicted molar refractivity (Wildman–Crippen MR) is 76.2 cm³/mol. The molecule has 0 bridgehead atoms. The lowest BCUT2D eigenvalue weighted by molar-refractivity contribution is 0.359. The zero-order valence-corrected chi connectivity index (χ0v) is 11.4. The average molecular weight is 268 g/mol. The van der Waals surface area contributed by atoms with Gasteiger partial charge in [-0.3, -0.25) is 4.98 Å². The van der Waals surface area contributed by atoms with Crippen LogP contribution in [0.4, 0.5) is 0 Å². The molecule has 0 aliphatic rings. The van der Waals surface area contributed by atoms with Crippen molar-refractivity contribution in [1.82, 2.24) is 15.1 Å². The van der Waals surface area contributed by atoms with E-state index in [-0.39, 0.29) is 5.92 Å². The number of fused-ring (bicyclic) bond motifs is 1. The third-order valence-electron chi connectivity index (χ3n) is 3.22. The second kappa shape index (κ2) is 5.02. The fourth-order valence-electron chi connectivity index (χ4n) is 2.04. The number of hydrogen-bond donors (Lipinski definition) is 1. The predicted octanol–water partition coefficient (Wildman–Crippen LogP) is 2.79. The summed E-state index contributed by atoms with van der Waals surface area (Å²) in [6, 6.07) is 9.44. The van der Waals surface area contributed by atoms with Gasteiger partial charge in [0.25, 0.3) is 0 Å². The molecule has 0 aliphatic carbocycles. The topological polar surface area (TPSA) is 77.8 Å². The van der Waals surface area contributed by atoms with Crippen molar-refractivity contribution in [3.05, 3.63) is 53.8 Å². The Kier molecular flexibility index (Phi) is 3.20. The van der Waals surface area contributed by atoms with Crippen LogP contribution in [-0.4, -0.2) is 15.1 Å². The monoisotopic (exact) mass is 268 g/mol. The fraction of sp³-hybridized carbons (Fsp3) is 0.267. The molecule has 1 unspecified atom stereocenters. The van der Waals surface area contributed by atoms with E-state index in [0.717, 1.165) is 16.5 Å². The van der Waals surface area contributed by atoms with Crippen LogP contribution in [0.25, 0.3) is 10.9 Å². The second-order valence-corrected chi connectivity index (χ2v) is 5.08. The molecule has 3 aromatic rings. The minimum atomic E-state index is -0.393. The lowest BCUT2D eigenvalue weighted by Gasteiger charge is -2.08. The van der Waals surface area contributed by atoms with Crippen LogP contribution in [0.15, 0.2) is 41.1 Å². The number of nitrogens with zero attached hydrogens (tertiary/aromatic N) is 3. The Morgan fingerprint density at radius 1 is 1.20 bits per heavy atom. The smallest absolute Gasteiger partial charge is 0.229 e. The average Bonchev–Trinajstić information content (AvgIpc) is 2.96. The Morgan fingerprint density at radius 2 is 2.05 bits per heavy atom. The molecule has 5 heteroatoms. The van der Waals surface area contributed by atoms with E-state index in [2.05, 4.69) is 15.1 Å². The van der Waals surface area contributed by atoms with Gasteiger partial charge in [-0.05, 0) is 23.8 Å². The standard InChI is InChI=1S/C15H16N4O/c1-9(2)15-18-14(19-20-15)13(16)11-5-6-12-10(8-11)4-3-7-17-12/h3-9,13H,16H2,1-2H3. The quantitative estimate of drug-likeness (QED) is 0.790. The lowest BCUT2D eigenvalue weighted by Crippen LogP contribution is -2.13. The van der Waals surface area contributed by atoms with Gasteiger partial charge < -0.3 is 10.3 Å². The minimum absolute atomic E-state index is 0.198. The summed E-state index contributed by atoms with van der Waals surface area (Å²) in [5, 5.41) is 5.02. The van der Waals surface area contributed by atoms with Crippen LogP contribution < -0.4 is 5.73 Å². The molecule has 5 nitrogen and oxygen atoms in total. The van der Waals surface area contributed by atoms with Crippen molar-refractivity contribution in [1.29, 1.82) is 0 Å². The molecule has 0 aliphatic heterocycles. The normalized spacial score (nSPS) is 13.0. The van der Waals surface area contributed by atoms with E-state index in [1.165, 1.54) is 0 Å². The first-order chi connectivity index (χ1) is 9.65. The Labute approximate surface area is 116 Å². The highest BCUT2D eigenvalue weighted by Crippen LogP contribution is 2.22. The second-order valence-electron chi connectivity index (χ2n) is 5.08. The van der Waals surface area contributed by atoms with Gasteiger partial charge in [0.1, 0.15) is 0 Å². The summed E-state index contributed by atoms with van der Waals surface area (Å²) in [4.78, 5) is 8.64. The van der Waals surface area contributed by atoms with Gasteiger partial charge in [0, 0.05) is 17.5 Å². The van der Waals surface area contributed by atoms with Crippen LogP contribution in [-0.2, 0) is 0 Å². The number of benzene rings is 1. The van der Waals surface area contributed by atoms with Crippen molar-refractivity contribution in [2.75, 3.05) is 0 Å². The maximum Gasteiger partial charge on any atom is 0.229 e. The highest BCUT2D eigenvalue weighted by atomic mass is 16.5. The van der Waals surface area contributed by atoms with Crippen molar-refractivity contribution in [2.45, 2.75) is 25.8 Å². The van der Waals surface area contributed by atoms with Gasteiger partial charge in [-0.15, -0.1) is 0 Å². The Bertz CT molecular complexity index is 735. The van der Waals surface area contributed by atoms with E-state index in [0.29, 0.717) is 11.7 Å². The molecule has 20 heavy (non-hydrogen) atoms. The molecule has 2 aromatic heterocycles. The maximum atomic E-state index is 6.22. The maximum absolute atomic E-state index is 6.22. The number of pyridine rings is 1. The number of hydrogen-bond acceptors (Lipinski definition) is 5.